The SMILES string of the molecule is CCc1cc(C(=O)OC)c(NC(=O)c2sc3cc(F)ccc3c2Cl)s1. The first-order valence-electron chi connectivity index (χ1n) is 7.34. The minimum atomic E-state index is -0.518. The molecule has 0 saturated heterocycles. The van der Waals surface area contributed by atoms with Crippen molar-refractivity contribution >= 4 is 61.2 Å². The van der Waals surface area contributed by atoms with E-state index in [1.807, 2.05) is 6.92 Å². The molecule has 0 spiro atoms. The highest BCUT2D eigenvalue weighted by Gasteiger charge is 2.22. The lowest BCUT2D eigenvalue weighted by Gasteiger charge is -2.04. The maximum atomic E-state index is 13.4. The van der Waals surface area contributed by atoms with Crippen LogP contribution in [0.1, 0.15) is 31.8 Å². The van der Waals surface area contributed by atoms with Crippen molar-refractivity contribution < 1.29 is 18.7 Å². The molecule has 2 aromatic heterocycles. The fraction of sp³-hybridized carbons (Fsp3) is 0.176. The normalized spacial score (nSPS) is 10.9. The maximum absolute atomic E-state index is 13.4. The number of aryl methyl sites for hydroxylation is 1. The molecule has 1 N–H and O–H groups in total. The number of anilines is 1. The van der Waals surface area contributed by atoms with Crippen LogP contribution in [-0.4, -0.2) is 19.0 Å². The van der Waals surface area contributed by atoms with Crippen LogP contribution >= 0.6 is 34.3 Å². The number of halogens is 2. The topological polar surface area (TPSA) is 55.4 Å². The van der Waals surface area contributed by atoms with Crippen molar-refractivity contribution in [3.8, 4) is 0 Å². The van der Waals surface area contributed by atoms with Gasteiger partial charge in [0.25, 0.3) is 5.91 Å². The highest BCUT2D eigenvalue weighted by molar-refractivity contribution is 7.22. The number of rotatable bonds is 4. The third-order valence-corrected chi connectivity index (χ3v) is 6.41. The third-order valence-electron chi connectivity index (χ3n) is 3.56. The highest BCUT2D eigenvalue weighted by Crippen LogP contribution is 2.37. The largest absolute Gasteiger partial charge is 0.465 e. The van der Waals surface area contributed by atoms with Crippen LogP contribution in [-0.2, 0) is 11.2 Å². The number of carbonyl (C=O) groups is 2. The van der Waals surface area contributed by atoms with Crippen molar-refractivity contribution in [1.29, 1.82) is 0 Å². The van der Waals surface area contributed by atoms with Gasteiger partial charge >= 0.3 is 5.97 Å². The van der Waals surface area contributed by atoms with E-state index in [0.29, 0.717) is 20.7 Å². The number of benzene rings is 1. The third kappa shape index (κ3) is 3.40. The lowest BCUT2D eigenvalue weighted by atomic mass is 10.2. The van der Waals surface area contributed by atoms with E-state index in [0.717, 1.165) is 22.6 Å². The molecule has 0 radical (unpaired) electrons. The van der Waals surface area contributed by atoms with Gasteiger partial charge in [0.15, 0.2) is 0 Å². The smallest absolute Gasteiger partial charge is 0.340 e. The van der Waals surface area contributed by atoms with Crippen LogP contribution in [0.3, 0.4) is 0 Å². The molecule has 2 heterocycles. The number of esters is 1. The second kappa shape index (κ2) is 7.11. The zero-order valence-corrected chi connectivity index (χ0v) is 15.7. The van der Waals surface area contributed by atoms with Gasteiger partial charge in [-0.1, -0.05) is 18.5 Å². The lowest BCUT2D eigenvalue weighted by Crippen LogP contribution is -2.12. The molecule has 0 unspecified atom stereocenters. The fourth-order valence-corrected chi connectivity index (χ4v) is 4.73. The minimum absolute atomic E-state index is 0.268. The van der Waals surface area contributed by atoms with Gasteiger partial charge in [0.05, 0.1) is 17.7 Å². The molecule has 0 bridgehead atoms. The van der Waals surface area contributed by atoms with Gasteiger partial charge in [-0.2, -0.15) is 0 Å². The van der Waals surface area contributed by atoms with Crippen LogP contribution in [0, 0.1) is 5.82 Å². The van der Waals surface area contributed by atoms with Crippen LogP contribution in [0.4, 0.5) is 9.39 Å². The fourth-order valence-electron chi connectivity index (χ4n) is 2.32. The molecule has 0 atom stereocenters. The molecular formula is C17H13ClFNO3S2. The van der Waals surface area contributed by atoms with Gasteiger partial charge in [0, 0.05) is 15.0 Å². The van der Waals surface area contributed by atoms with Crippen LogP contribution < -0.4 is 5.32 Å². The predicted octanol–water partition coefficient (Wildman–Crippen LogP) is 5.36. The first-order chi connectivity index (χ1) is 11.9. The second-order valence-corrected chi connectivity index (χ2v) is 7.71. The molecule has 1 amide bonds. The van der Waals surface area contributed by atoms with Crippen LogP contribution in [0.25, 0.3) is 10.1 Å². The van der Waals surface area contributed by atoms with E-state index < -0.39 is 17.7 Å². The average molecular weight is 398 g/mol. The van der Waals surface area contributed by atoms with Gasteiger partial charge in [-0.05, 0) is 30.7 Å². The Kier molecular flexibility index (Phi) is 5.08. The quantitative estimate of drug-likeness (QED) is 0.603. The first-order valence-corrected chi connectivity index (χ1v) is 9.35. The van der Waals surface area contributed by atoms with Gasteiger partial charge in [-0.3, -0.25) is 4.79 Å². The average Bonchev–Trinajstić information content (AvgIpc) is 3.15. The molecule has 0 saturated carbocycles. The summed E-state index contributed by atoms with van der Waals surface area (Å²) in [6.07, 6.45) is 0.730. The number of methoxy groups -OCH3 is 1. The van der Waals surface area contributed by atoms with E-state index in [-0.39, 0.29) is 9.90 Å². The first kappa shape index (κ1) is 17.8. The molecule has 3 rings (SSSR count). The number of hydrogen-bond donors (Lipinski definition) is 1. The second-order valence-electron chi connectivity index (χ2n) is 5.14. The molecule has 0 fully saturated rings. The van der Waals surface area contributed by atoms with E-state index in [2.05, 4.69) is 5.32 Å². The van der Waals surface area contributed by atoms with Crippen molar-refractivity contribution in [2.75, 3.05) is 12.4 Å². The summed E-state index contributed by atoms with van der Waals surface area (Å²) in [5.74, 6) is -1.35. The summed E-state index contributed by atoms with van der Waals surface area (Å²) in [5, 5.41) is 4.02. The number of amides is 1. The lowest BCUT2D eigenvalue weighted by molar-refractivity contribution is 0.0602. The molecule has 0 aliphatic carbocycles. The Hall–Kier alpha value is -1.96. The number of thiophene rings is 2. The van der Waals surface area contributed by atoms with Gasteiger partial charge < -0.3 is 10.1 Å². The zero-order valence-electron chi connectivity index (χ0n) is 13.3. The summed E-state index contributed by atoms with van der Waals surface area (Å²) < 4.78 is 18.7. The van der Waals surface area contributed by atoms with Gasteiger partial charge in [-0.15, -0.1) is 22.7 Å². The van der Waals surface area contributed by atoms with E-state index >= 15 is 0 Å². The van der Waals surface area contributed by atoms with E-state index in [9.17, 15) is 14.0 Å². The molecule has 3 aromatic rings. The van der Waals surface area contributed by atoms with Crippen molar-refractivity contribution in [2.24, 2.45) is 0 Å². The summed E-state index contributed by atoms with van der Waals surface area (Å²) in [4.78, 5) is 25.7. The Bertz CT molecular complexity index is 980. The molecule has 4 nitrogen and oxygen atoms in total. The summed E-state index contributed by atoms with van der Waals surface area (Å²) in [7, 11) is 1.29. The molecule has 0 aliphatic rings. The summed E-state index contributed by atoms with van der Waals surface area (Å²) >= 11 is 8.68. The number of carbonyl (C=O) groups excluding carboxylic acids is 2. The Morgan fingerprint density at radius 2 is 2.04 bits per heavy atom. The van der Waals surface area contributed by atoms with E-state index in [4.69, 9.17) is 16.3 Å². The number of fused-ring (bicyclic) bond motifs is 1. The monoisotopic (exact) mass is 397 g/mol. The highest BCUT2D eigenvalue weighted by atomic mass is 35.5. The number of ether oxygens (including phenoxy) is 1. The van der Waals surface area contributed by atoms with Crippen LogP contribution in [0.2, 0.25) is 5.02 Å². The van der Waals surface area contributed by atoms with Gasteiger partial charge in [0.1, 0.15) is 15.7 Å². The standard InChI is InChI=1S/C17H13ClFNO3S2/c1-3-9-7-11(17(22)23-2)16(24-9)20-15(21)14-13(18)10-5-4-8(19)6-12(10)25-14/h4-7H,3H2,1-2H3,(H,20,21). The van der Waals surface area contributed by atoms with E-state index in [1.165, 1.54) is 30.6 Å². The van der Waals surface area contributed by atoms with Gasteiger partial charge in [0.2, 0.25) is 0 Å². The van der Waals surface area contributed by atoms with Gasteiger partial charge in [-0.25, -0.2) is 9.18 Å². The summed E-state index contributed by atoms with van der Waals surface area (Å²) in [5.41, 5.74) is 0.306. The number of hydrogen-bond acceptors (Lipinski definition) is 5. The summed E-state index contributed by atoms with van der Waals surface area (Å²) in [6, 6.07) is 5.88. The Labute approximate surface area is 156 Å². The number of nitrogens with one attached hydrogen (secondary N) is 1. The molecule has 8 heteroatoms. The Balaban J connectivity index is 1.96. The molecule has 25 heavy (non-hydrogen) atoms. The van der Waals surface area contributed by atoms with Crippen LogP contribution in [0.5, 0.6) is 0 Å². The van der Waals surface area contributed by atoms with Crippen molar-refractivity contribution in [1.82, 2.24) is 0 Å². The molecule has 1 aromatic carbocycles. The molecular weight excluding hydrogens is 385 g/mol. The molecule has 130 valence electrons. The van der Waals surface area contributed by atoms with Crippen LogP contribution in [0.15, 0.2) is 24.3 Å². The minimum Gasteiger partial charge on any atom is -0.465 e. The summed E-state index contributed by atoms with van der Waals surface area (Å²) in [6.45, 7) is 1.95. The van der Waals surface area contributed by atoms with Crippen molar-refractivity contribution in [2.45, 2.75) is 13.3 Å². The van der Waals surface area contributed by atoms with Crippen molar-refractivity contribution in [3.05, 3.63) is 50.4 Å². The zero-order chi connectivity index (χ0) is 18.1. The Morgan fingerprint density at radius 3 is 2.72 bits per heavy atom. The Morgan fingerprint density at radius 1 is 1.28 bits per heavy atom. The predicted molar refractivity (Wildman–Crippen MR) is 99.8 cm³/mol. The van der Waals surface area contributed by atoms with E-state index in [1.54, 1.807) is 12.1 Å². The maximum Gasteiger partial charge on any atom is 0.340 e. The van der Waals surface area contributed by atoms with Crippen molar-refractivity contribution in [3.63, 3.8) is 0 Å². The molecule has 0 aliphatic heterocycles.